The fraction of sp³-hybridized carbons (Fsp3) is 0.316. The first-order valence-corrected chi connectivity index (χ1v) is 13.3. The zero-order chi connectivity index (χ0) is 20.1. The van der Waals surface area contributed by atoms with Gasteiger partial charge in [0.15, 0.2) is 0 Å². The number of rotatable bonds is 7. The van der Waals surface area contributed by atoms with Gasteiger partial charge in [-0.1, -0.05) is 35.9 Å². The van der Waals surface area contributed by atoms with E-state index < -0.39 is 0 Å². The molecule has 1 aliphatic rings. The molecule has 0 N–H and O–H groups in total. The Bertz CT molecular complexity index is 909. The SMILES string of the molecule is C/C(Cl)=C(\C=N/N(C=O)PI)N1CCc2c(ncn2Cc2ccccc2C)C1. The number of fused-ring (bicyclic) bond motifs is 1. The highest BCUT2D eigenvalue weighted by molar-refractivity contribution is 14.2. The third-order valence-corrected chi connectivity index (χ3v) is 6.85. The molecule has 1 unspecified atom stereocenters. The molecule has 28 heavy (non-hydrogen) atoms. The first-order chi connectivity index (χ1) is 13.5. The summed E-state index contributed by atoms with van der Waals surface area (Å²) in [5.41, 5.74) is 5.75. The third kappa shape index (κ3) is 4.93. The molecule has 0 bridgehead atoms. The van der Waals surface area contributed by atoms with Crippen LogP contribution in [0.1, 0.15) is 29.4 Å². The Hall–Kier alpha value is -1.44. The van der Waals surface area contributed by atoms with Gasteiger partial charge in [0, 0.05) is 30.2 Å². The molecule has 1 aromatic carbocycles. The van der Waals surface area contributed by atoms with Gasteiger partial charge in [0.05, 0.1) is 36.9 Å². The maximum absolute atomic E-state index is 11.0. The van der Waals surface area contributed by atoms with E-state index >= 15 is 0 Å². The van der Waals surface area contributed by atoms with Crippen LogP contribution in [-0.2, 0) is 24.3 Å². The van der Waals surface area contributed by atoms with Crippen molar-refractivity contribution in [1.82, 2.24) is 19.2 Å². The number of hydrogen-bond donors (Lipinski definition) is 0. The Kier molecular flexibility index (Phi) is 7.48. The van der Waals surface area contributed by atoms with Crippen LogP contribution in [0.5, 0.6) is 0 Å². The minimum absolute atomic E-state index is 0.247. The summed E-state index contributed by atoms with van der Waals surface area (Å²) in [5, 5.41) is 4.87. The van der Waals surface area contributed by atoms with Crippen LogP contribution in [0.3, 0.4) is 0 Å². The Labute approximate surface area is 185 Å². The molecule has 1 aromatic heterocycles. The number of imidazole rings is 1. The number of hydrogen-bond acceptors (Lipinski definition) is 4. The first kappa shape index (κ1) is 21.3. The molecule has 1 amide bonds. The first-order valence-electron chi connectivity index (χ1n) is 8.87. The average Bonchev–Trinajstić information content (AvgIpc) is 3.09. The van der Waals surface area contributed by atoms with Crippen LogP contribution >= 0.6 is 40.0 Å². The van der Waals surface area contributed by atoms with Gasteiger partial charge in [-0.2, -0.15) is 5.10 Å². The van der Waals surface area contributed by atoms with Gasteiger partial charge in [0.1, 0.15) is 0 Å². The number of allylic oxidation sites excluding steroid dienone is 2. The van der Waals surface area contributed by atoms with Gasteiger partial charge < -0.3 is 9.47 Å². The largest absolute Gasteiger partial charge is 0.363 e. The summed E-state index contributed by atoms with van der Waals surface area (Å²) in [5.74, 6) is 0. The van der Waals surface area contributed by atoms with E-state index in [1.54, 1.807) is 6.21 Å². The molecule has 0 fully saturated rings. The van der Waals surface area contributed by atoms with Gasteiger partial charge in [-0.3, -0.25) is 4.79 Å². The van der Waals surface area contributed by atoms with Gasteiger partial charge >= 0.3 is 0 Å². The van der Waals surface area contributed by atoms with E-state index in [-0.39, 0.29) is 6.37 Å². The average molecular weight is 530 g/mol. The minimum atomic E-state index is 0.247. The number of aryl methyl sites for hydroxylation is 1. The highest BCUT2D eigenvalue weighted by Gasteiger charge is 2.23. The number of carbonyl (C=O) groups is 1. The van der Waals surface area contributed by atoms with Crippen molar-refractivity contribution in [3.63, 3.8) is 0 Å². The number of benzene rings is 1. The van der Waals surface area contributed by atoms with Crippen molar-refractivity contribution in [2.24, 2.45) is 5.10 Å². The predicted molar refractivity (Wildman–Crippen MR) is 124 cm³/mol. The molecule has 0 spiro atoms. The van der Waals surface area contributed by atoms with Crippen LogP contribution in [0, 0.1) is 6.92 Å². The molecule has 3 rings (SSSR count). The van der Waals surface area contributed by atoms with Gasteiger partial charge in [-0.25, -0.2) is 9.76 Å². The van der Waals surface area contributed by atoms with Crippen molar-refractivity contribution >= 4 is 52.6 Å². The Morgan fingerprint density at radius 2 is 2.25 bits per heavy atom. The summed E-state index contributed by atoms with van der Waals surface area (Å²) in [4.78, 5) is 17.8. The lowest BCUT2D eigenvalue weighted by atomic mass is 10.1. The van der Waals surface area contributed by atoms with E-state index in [1.165, 1.54) is 21.6 Å². The third-order valence-electron chi connectivity index (χ3n) is 4.78. The van der Waals surface area contributed by atoms with Crippen LogP contribution in [0.2, 0.25) is 0 Å². The number of hydrazone groups is 1. The Morgan fingerprint density at radius 3 is 2.93 bits per heavy atom. The highest BCUT2D eigenvalue weighted by atomic mass is 127. The van der Waals surface area contributed by atoms with Crippen molar-refractivity contribution in [2.45, 2.75) is 33.4 Å². The number of aromatic nitrogens is 2. The second-order valence-electron chi connectivity index (χ2n) is 6.56. The van der Waals surface area contributed by atoms with Crippen LogP contribution in [0.15, 0.2) is 46.4 Å². The second kappa shape index (κ2) is 9.85. The molecule has 9 heteroatoms. The molecule has 2 aromatic rings. The summed E-state index contributed by atoms with van der Waals surface area (Å²) >= 11 is 8.43. The Morgan fingerprint density at radius 1 is 1.46 bits per heavy atom. The summed E-state index contributed by atoms with van der Waals surface area (Å²) in [7, 11) is 0. The number of amides is 1. The molecule has 0 saturated heterocycles. The van der Waals surface area contributed by atoms with Crippen LogP contribution in [0.25, 0.3) is 0 Å². The quantitative estimate of drug-likeness (QED) is 0.175. The normalized spacial score (nSPS) is 15.2. The topological polar surface area (TPSA) is 53.7 Å². The maximum Gasteiger partial charge on any atom is 0.233 e. The molecule has 1 aliphatic heterocycles. The monoisotopic (exact) mass is 529 g/mol. The smallest absolute Gasteiger partial charge is 0.233 e. The number of carbonyl (C=O) groups excluding carboxylic acids is 1. The molecular formula is C19H22ClIN5OP. The Balaban J connectivity index is 1.78. The predicted octanol–water partition coefficient (Wildman–Crippen LogP) is 4.46. The van der Waals surface area contributed by atoms with Crippen molar-refractivity contribution in [3.05, 3.63) is 63.8 Å². The van der Waals surface area contributed by atoms with Gasteiger partial charge in [-0.05, 0) is 47.0 Å². The summed E-state index contributed by atoms with van der Waals surface area (Å²) < 4.78 is 3.60. The fourth-order valence-electron chi connectivity index (χ4n) is 3.26. The zero-order valence-electron chi connectivity index (χ0n) is 15.8. The van der Waals surface area contributed by atoms with E-state index in [2.05, 4.69) is 72.8 Å². The van der Waals surface area contributed by atoms with Crippen molar-refractivity contribution in [1.29, 1.82) is 0 Å². The molecule has 6 nitrogen and oxygen atoms in total. The molecule has 148 valence electrons. The molecule has 0 radical (unpaired) electrons. The number of halogens is 2. The molecular weight excluding hydrogens is 508 g/mol. The summed E-state index contributed by atoms with van der Waals surface area (Å²) in [6, 6.07) is 8.44. The summed E-state index contributed by atoms with van der Waals surface area (Å²) in [6.45, 7) is 6.31. The molecule has 0 aliphatic carbocycles. The van der Waals surface area contributed by atoms with E-state index in [4.69, 9.17) is 11.6 Å². The number of nitrogens with zero attached hydrogens (tertiary/aromatic N) is 5. The van der Waals surface area contributed by atoms with E-state index in [1.807, 2.05) is 13.3 Å². The fourth-order valence-corrected chi connectivity index (χ4v) is 4.28. The highest BCUT2D eigenvalue weighted by Crippen LogP contribution is 2.27. The van der Waals surface area contributed by atoms with Crippen molar-refractivity contribution in [3.8, 4) is 0 Å². The van der Waals surface area contributed by atoms with Crippen LogP contribution < -0.4 is 0 Å². The standard InChI is InChI=1S/C19H22ClIN5OP/c1-14-5-3-4-6-16(14)10-25-12-22-17-11-24(8-7-18(17)25)19(15(2)20)9-23-26(13-27)28-21/h3-6,9,12-13,28H,7-8,10-11H2,1-2H3/b19-15-,23-9-. The zero-order valence-corrected chi connectivity index (χ0v) is 19.7. The van der Waals surface area contributed by atoms with Crippen molar-refractivity contribution < 1.29 is 4.79 Å². The van der Waals surface area contributed by atoms with Crippen LogP contribution in [-0.4, -0.2) is 38.4 Å². The lowest BCUT2D eigenvalue weighted by molar-refractivity contribution is -0.113. The van der Waals surface area contributed by atoms with Gasteiger partial charge in [0.2, 0.25) is 6.41 Å². The second-order valence-corrected chi connectivity index (χ2v) is 9.20. The van der Waals surface area contributed by atoms with Crippen molar-refractivity contribution in [2.75, 3.05) is 6.54 Å². The summed E-state index contributed by atoms with van der Waals surface area (Å²) in [6.07, 6.45) is 5.43. The minimum Gasteiger partial charge on any atom is -0.363 e. The van der Waals surface area contributed by atoms with Gasteiger partial charge in [-0.15, -0.1) is 0 Å². The van der Waals surface area contributed by atoms with E-state index in [0.29, 0.717) is 18.0 Å². The lowest BCUT2D eigenvalue weighted by Crippen LogP contribution is -2.32. The molecule has 1 atom stereocenters. The van der Waals surface area contributed by atoms with E-state index in [0.717, 1.165) is 30.9 Å². The molecule has 2 heterocycles. The lowest BCUT2D eigenvalue weighted by Gasteiger charge is -2.30. The molecule has 0 saturated carbocycles. The van der Waals surface area contributed by atoms with E-state index in [9.17, 15) is 4.79 Å². The maximum atomic E-state index is 11.0. The van der Waals surface area contributed by atoms with Crippen LogP contribution in [0.4, 0.5) is 0 Å². The van der Waals surface area contributed by atoms with Gasteiger partial charge in [0.25, 0.3) is 0 Å².